The van der Waals surface area contributed by atoms with Crippen LogP contribution in [-0.4, -0.2) is 23.1 Å². The topological polar surface area (TPSA) is 57.9 Å². The molecule has 0 saturated carbocycles. The van der Waals surface area contributed by atoms with Gasteiger partial charge in [-0.1, -0.05) is 13.3 Å². The van der Waals surface area contributed by atoms with E-state index in [1.165, 1.54) is 19.3 Å². The Kier molecular flexibility index (Phi) is 2.86. The number of nitrogen functional groups attached to an aromatic ring is 1. The SMILES string of the molecule is CCC1CCN(c2nc3ccc(N)cc3[nH]2)CC1. The van der Waals surface area contributed by atoms with Crippen molar-refractivity contribution in [1.29, 1.82) is 0 Å². The van der Waals surface area contributed by atoms with E-state index in [-0.39, 0.29) is 0 Å². The number of hydrogen-bond acceptors (Lipinski definition) is 3. The van der Waals surface area contributed by atoms with Crippen LogP contribution in [-0.2, 0) is 0 Å². The number of hydrogen-bond donors (Lipinski definition) is 2. The number of fused-ring (bicyclic) bond motifs is 1. The standard InChI is InChI=1S/C14H20N4/c1-2-10-5-7-18(8-6-10)14-16-12-4-3-11(15)9-13(12)17-14/h3-4,9-10H,2,5-8,15H2,1H3,(H,16,17). The second-order valence-electron chi connectivity index (χ2n) is 5.18. The van der Waals surface area contributed by atoms with Gasteiger partial charge in [-0.2, -0.15) is 0 Å². The number of H-pyrrole nitrogens is 1. The zero-order chi connectivity index (χ0) is 12.5. The molecule has 3 rings (SSSR count). The summed E-state index contributed by atoms with van der Waals surface area (Å²) in [5.41, 5.74) is 8.59. The Morgan fingerprint density at radius 2 is 2.17 bits per heavy atom. The van der Waals surface area contributed by atoms with E-state index in [0.29, 0.717) is 0 Å². The van der Waals surface area contributed by atoms with Gasteiger partial charge in [0.2, 0.25) is 5.95 Å². The molecular weight excluding hydrogens is 224 g/mol. The number of nitrogens with zero attached hydrogens (tertiary/aromatic N) is 2. The highest BCUT2D eigenvalue weighted by molar-refractivity contribution is 5.80. The first kappa shape index (κ1) is 11.4. The van der Waals surface area contributed by atoms with Crippen LogP contribution in [0.2, 0.25) is 0 Å². The third-order valence-corrected chi connectivity index (χ3v) is 3.98. The zero-order valence-corrected chi connectivity index (χ0v) is 10.8. The minimum atomic E-state index is 0.780. The van der Waals surface area contributed by atoms with Crippen molar-refractivity contribution in [2.24, 2.45) is 5.92 Å². The molecule has 4 nitrogen and oxygen atoms in total. The van der Waals surface area contributed by atoms with Crippen molar-refractivity contribution < 1.29 is 0 Å². The lowest BCUT2D eigenvalue weighted by molar-refractivity contribution is 0.393. The fourth-order valence-electron chi connectivity index (χ4n) is 2.72. The van der Waals surface area contributed by atoms with Crippen LogP contribution in [0.5, 0.6) is 0 Å². The van der Waals surface area contributed by atoms with Crippen molar-refractivity contribution in [2.75, 3.05) is 23.7 Å². The molecule has 96 valence electrons. The summed E-state index contributed by atoms with van der Waals surface area (Å²) in [7, 11) is 0. The predicted octanol–water partition coefficient (Wildman–Crippen LogP) is 2.77. The summed E-state index contributed by atoms with van der Waals surface area (Å²) >= 11 is 0. The lowest BCUT2D eigenvalue weighted by atomic mass is 9.95. The minimum Gasteiger partial charge on any atom is -0.399 e. The van der Waals surface area contributed by atoms with Crippen LogP contribution in [0.4, 0.5) is 11.6 Å². The van der Waals surface area contributed by atoms with Gasteiger partial charge in [0.15, 0.2) is 0 Å². The highest BCUT2D eigenvalue weighted by atomic mass is 15.3. The summed E-state index contributed by atoms with van der Waals surface area (Å²) in [6.07, 6.45) is 3.84. The van der Waals surface area contributed by atoms with Crippen LogP contribution in [0.15, 0.2) is 18.2 Å². The van der Waals surface area contributed by atoms with Gasteiger partial charge in [0, 0.05) is 18.8 Å². The van der Waals surface area contributed by atoms with Gasteiger partial charge < -0.3 is 15.6 Å². The molecule has 1 aromatic heterocycles. The van der Waals surface area contributed by atoms with E-state index in [4.69, 9.17) is 5.73 Å². The highest BCUT2D eigenvalue weighted by Gasteiger charge is 2.20. The van der Waals surface area contributed by atoms with Crippen LogP contribution < -0.4 is 10.6 Å². The Bertz CT molecular complexity index is 538. The molecule has 0 radical (unpaired) electrons. The van der Waals surface area contributed by atoms with Crippen molar-refractivity contribution in [3.05, 3.63) is 18.2 Å². The first-order valence-electron chi connectivity index (χ1n) is 6.76. The third-order valence-electron chi connectivity index (χ3n) is 3.98. The fourth-order valence-corrected chi connectivity index (χ4v) is 2.72. The molecule has 18 heavy (non-hydrogen) atoms. The van der Waals surface area contributed by atoms with Crippen LogP contribution in [0.25, 0.3) is 11.0 Å². The molecular formula is C14H20N4. The second kappa shape index (κ2) is 4.52. The number of aromatic nitrogens is 2. The number of piperidine rings is 1. The Morgan fingerprint density at radius 1 is 1.39 bits per heavy atom. The van der Waals surface area contributed by atoms with Gasteiger partial charge in [0.25, 0.3) is 0 Å². The normalized spacial score (nSPS) is 17.5. The maximum absolute atomic E-state index is 5.79. The quantitative estimate of drug-likeness (QED) is 0.799. The van der Waals surface area contributed by atoms with E-state index >= 15 is 0 Å². The summed E-state index contributed by atoms with van der Waals surface area (Å²) in [6, 6.07) is 5.82. The van der Waals surface area contributed by atoms with E-state index in [1.54, 1.807) is 0 Å². The van der Waals surface area contributed by atoms with E-state index in [1.807, 2.05) is 18.2 Å². The van der Waals surface area contributed by atoms with E-state index < -0.39 is 0 Å². The zero-order valence-electron chi connectivity index (χ0n) is 10.8. The average Bonchev–Trinajstić information content (AvgIpc) is 2.81. The van der Waals surface area contributed by atoms with Gasteiger partial charge in [0.05, 0.1) is 11.0 Å². The van der Waals surface area contributed by atoms with Gasteiger partial charge in [-0.05, 0) is 37.0 Å². The van der Waals surface area contributed by atoms with Crippen molar-refractivity contribution in [3.63, 3.8) is 0 Å². The number of imidazole rings is 1. The van der Waals surface area contributed by atoms with Gasteiger partial charge in [-0.3, -0.25) is 0 Å². The van der Waals surface area contributed by atoms with Crippen LogP contribution >= 0.6 is 0 Å². The summed E-state index contributed by atoms with van der Waals surface area (Å²) in [5, 5.41) is 0. The molecule has 0 unspecified atom stereocenters. The molecule has 1 aliphatic heterocycles. The highest BCUT2D eigenvalue weighted by Crippen LogP contribution is 2.25. The molecule has 0 aliphatic carbocycles. The van der Waals surface area contributed by atoms with Crippen molar-refractivity contribution in [3.8, 4) is 0 Å². The van der Waals surface area contributed by atoms with E-state index in [0.717, 1.165) is 41.7 Å². The Balaban J connectivity index is 1.82. The maximum atomic E-state index is 5.79. The first-order chi connectivity index (χ1) is 8.76. The van der Waals surface area contributed by atoms with Crippen molar-refractivity contribution >= 4 is 22.7 Å². The van der Waals surface area contributed by atoms with Crippen molar-refractivity contribution in [1.82, 2.24) is 9.97 Å². The minimum absolute atomic E-state index is 0.780. The molecule has 0 atom stereocenters. The first-order valence-corrected chi connectivity index (χ1v) is 6.76. The molecule has 0 spiro atoms. The lowest BCUT2D eigenvalue weighted by Crippen LogP contribution is -2.34. The lowest BCUT2D eigenvalue weighted by Gasteiger charge is -2.31. The van der Waals surface area contributed by atoms with Crippen molar-refractivity contribution in [2.45, 2.75) is 26.2 Å². The third kappa shape index (κ3) is 2.03. The molecule has 0 bridgehead atoms. The second-order valence-corrected chi connectivity index (χ2v) is 5.18. The number of anilines is 2. The van der Waals surface area contributed by atoms with E-state index in [9.17, 15) is 0 Å². The number of nitrogens with two attached hydrogens (primary N) is 1. The van der Waals surface area contributed by atoms with Gasteiger partial charge in [-0.25, -0.2) is 4.98 Å². The van der Waals surface area contributed by atoms with Crippen LogP contribution in [0, 0.1) is 5.92 Å². The van der Waals surface area contributed by atoms with Gasteiger partial charge >= 0.3 is 0 Å². The molecule has 1 fully saturated rings. The molecule has 2 heterocycles. The smallest absolute Gasteiger partial charge is 0.203 e. The van der Waals surface area contributed by atoms with E-state index in [2.05, 4.69) is 21.8 Å². The molecule has 3 N–H and O–H groups in total. The Morgan fingerprint density at radius 3 is 2.89 bits per heavy atom. The molecule has 1 aliphatic rings. The van der Waals surface area contributed by atoms with Crippen LogP contribution in [0.1, 0.15) is 26.2 Å². The average molecular weight is 244 g/mol. The molecule has 1 aromatic carbocycles. The summed E-state index contributed by atoms with van der Waals surface area (Å²) < 4.78 is 0. The van der Waals surface area contributed by atoms with Crippen LogP contribution in [0.3, 0.4) is 0 Å². The Labute approximate surface area is 107 Å². The largest absolute Gasteiger partial charge is 0.399 e. The summed E-state index contributed by atoms with van der Waals surface area (Å²) in [5.74, 6) is 1.88. The molecule has 2 aromatic rings. The summed E-state index contributed by atoms with van der Waals surface area (Å²) in [6.45, 7) is 4.49. The molecule has 4 heteroatoms. The number of rotatable bonds is 2. The summed E-state index contributed by atoms with van der Waals surface area (Å²) in [4.78, 5) is 10.4. The van der Waals surface area contributed by atoms with Gasteiger partial charge in [-0.15, -0.1) is 0 Å². The number of nitrogens with one attached hydrogen (secondary N) is 1. The molecule has 0 amide bonds. The number of aromatic amines is 1. The maximum Gasteiger partial charge on any atom is 0.203 e. The Hall–Kier alpha value is -1.71. The van der Waals surface area contributed by atoms with Gasteiger partial charge in [0.1, 0.15) is 0 Å². The molecule has 1 saturated heterocycles. The number of benzene rings is 1. The fraction of sp³-hybridized carbons (Fsp3) is 0.500. The monoisotopic (exact) mass is 244 g/mol. The predicted molar refractivity (Wildman–Crippen MR) is 75.7 cm³/mol.